The number of anilines is 1. The van der Waals surface area contributed by atoms with Crippen molar-refractivity contribution in [1.82, 2.24) is 19.5 Å². The van der Waals surface area contributed by atoms with Crippen LogP contribution in [0.2, 0.25) is 5.28 Å². The van der Waals surface area contributed by atoms with E-state index in [1.165, 1.54) is 10.9 Å². The number of halogens is 1. The van der Waals surface area contributed by atoms with Gasteiger partial charge in [0.25, 0.3) is 5.91 Å². The standard InChI is InChI=1S/C17H16ClN5O4/c18-17-21-13-14(22-16(26)9-4-2-1-3-5-9)19-8-20-15(13)23(17)12-6-10(25)11(7-24)27-12/h1-5,8,10-12,24-25H,6-7H2,(H,19,20,22,26)/t10-,11+,12+/m0/s1. The van der Waals surface area contributed by atoms with Crippen molar-refractivity contribution in [3.63, 3.8) is 0 Å². The van der Waals surface area contributed by atoms with E-state index in [1.54, 1.807) is 24.3 Å². The lowest BCUT2D eigenvalue weighted by Gasteiger charge is -2.14. The molecule has 3 atom stereocenters. The third-order valence-corrected chi connectivity index (χ3v) is 4.64. The summed E-state index contributed by atoms with van der Waals surface area (Å²) in [5, 5.41) is 22.0. The van der Waals surface area contributed by atoms with Gasteiger partial charge in [-0.05, 0) is 23.7 Å². The number of carbonyl (C=O) groups excluding carboxylic acids is 1. The molecule has 4 rings (SSSR count). The summed E-state index contributed by atoms with van der Waals surface area (Å²) in [4.78, 5) is 24.9. The van der Waals surface area contributed by atoms with Crippen LogP contribution in [0.1, 0.15) is 23.0 Å². The Bertz CT molecular complexity index is 980. The second-order valence-electron chi connectivity index (χ2n) is 6.08. The fraction of sp³-hybridized carbons (Fsp3) is 0.294. The molecule has 2 aromatic heterocycles. The summed E-state index contributed by atoms with van der Waals surface area (Å²) < 4.78 is 7.15. The van der Waals surface area contributed by atoms with Crippen molar-refractivity contribution >= 4 is 34.5 Å². The molecule has 0 saturated carbocycles. The zero-order valence-electron chi connectivity index (χ0n) is 14.0. The van der Waals surface area contributed by atoms with Crippen molar-refractivity contribution in [2.75, 3.05) is 11.9 Å². The molecule has 3 heterocycles. The molecule has 0 radical (unpaired) electrons. The Kier molecular flexibility index (Phi) is 4.75. The predicted octanol–water partition coefficient (Wildman–Crippen LogP) is 1.37. The van der Waals surface area contributed by atoms with E-state index in [-0.39, 0.29) is 30.0 Å². The highest BCUT2D eigenvalue weighted by Gasteiger charge is 2.36. The molecule has 1 aliphatic rings. The summed E-state index contributed by atoms with van der Waals surface area (Å²) in [6.45, 7) is -0.310. The molecule has 1 aromatic carbocycles. The molecule has 3 N–H and O–H groups in total. The van der Waals surface area contributed by atoms with Crippen molar-refractivity contribution in [3.8, 4) is 0 Å². The summed E-state index contributed by atoms with van der Waals surface area (Å²) >= 11 is 6.26. The first-order valence-electron chi connectivity index (χ1n) is 8.27. The lowest BCUT2D eigenvalue weighted by Crippen LogP contribution is -2.24. The highest BCUT2D eigenvalue weighted by molar-refractivity contribution is 6.29. The van der Waals surface area contributed by atoms with Crippen molar-refractivity contribution in [3.05, 3.63) is 47.5 Å². The lowest BCUT2D eigenvalue weighted by molar-refractivity contribution is -0.0431. The number of fused-ring (bicyclic) bond motifs is 1. The smallest absolute Gasteiger partial charge is 0.256 e. The maximum absolute atomic E-state index is 12.4. The lowest BCUT2D eigenvalue weighted by atomic mass is 10.2. The molecule has 1 saturated heterocycles. The van der Waals surface area contributed by atoms with Gasteiger partial charge in [0.1, 0.15) is 18.7 Å². The van der Waals surface area contributed by atoms with Gasteiger partial charge in [-0.15, -0.1) is 0 Å². The van der Waals surface area contributed by atoms with Gasteiger partial charge in [0.15, 0.2) is 17.0 Å². The molecule has 140 valence electrons. The van der Waals surface area contributed by atoms with Crippen LogP contribution >= 0.6 is 11.6 Å². The van der Waals surface area contributed by atoms with Crippen LogP contribution in [-0.2, 0) is 4.74 Å². The molecular weight excluding hydrogens is 374 g/mol. The maximum atomic E-state index is 12.4. The number of rotatable bonds is 4. The zero-order valence-corrected chi connectivity index (χ0v) is 14.7. The van der Waals surface area contributed by atoms with E-state index in [1.807, 2.05) is 6.07 Å². The summed E-state index contributed by atoms with van der Waals surface area (Å²) in [5.74, 6) is -0.124. The van der Waals surface area contributed by atoms with E-state index in [0.717, 1.165) is 0 Å². The van der Waals surface area contributed by atoms with E-state index < -0.39 is 18.4 Å². The normalized spacial score (nSPS) is 22.3. The quantitative estimate of drug-likeness (QED) is 0.576. The molecule has 1 fully saturated rings. The molecule has 9 nitrogen and oxygen atoms in total. The molecule has 0 bridgehead atoms. The first-order valence-corrected chi connectivity index (χ1v) is 8.65. The van der Waals surface area contributed by atoms with Gasteiger partial charge in [-0.2, -0.15) is 0 Å². The maximum Gasteiger partial charge on any atom is 0.256 e. The van der Waals surface area contributed by atoms with Gasteiger partial charge in [-0.25, -0.2) is 15.0 Å². The number of amides is 1. The third-order valence-electron chi connectivity index (χ3n) is 4.37. The van der Waals surface area contributed by atoms with E-state index >= 15 is 0 Å². The molecule has 0 aliphatic carbocycles. The summed E-state index contributed by atoms with van der Waals surface area (Å²) in [6.07, 6.45) is -0.657. The van der Waals surface area contributed by atoms with Gasteiger partial charge in [0, 0.05) is 12.0 Å². The minimum Gasteiger partial charge on any atom is -0.394 e. The molecule has 3 aromatic rings. The van der Waals surface area contributed by atoms with Crippen LogP contribution in [0, 0.1) is 0 Å². The van der Waals surface area contributed by atoms with Gasteiger partial charge >= 0.3 is 0 Å². The Morgan fingerprint density at radius 1 is 1.33 bits per heavy atom. The van der Waals surface area contributed by atoms with E-state index in [2.05, 4.69) is 20.3 Å². The second kappa shape index (κ2) is 7.20. The minimum absolute atomic E-state index is 0.0801. The zero-order chi connectivity index (χ0) is 19.0. The predicted molar refractivity (Wildman–Crippen MR) is 96.3 cm³/mol. The number of hydrogen-bond donors (Lipinski definition) is 3. The SMILES string of the molecule is O=C(Nc1ncnc2c1nc(Cl)n2[C@H]1C[C@H](O)[C@@H](CO)O1)c1ccccc1. The number of nitrogens with one attached hydrogen (secondary N) is 1. The van der Waals surface area contributed by atoms with Crippen LogP contribution in [0.15, 0.2) is 36.7 Å². The van der Waals surface area contributed by atoms with Crippen LogP contribution in [0.25, 0.3) is 11.2 Å². The average molecular weight is 390 g/mol. The van der Waals surface area contributed by atoms with Crippen LogP contribution < -0.4 is 5.32 Å². The molecule has 1 aliphatic heterocycles. The van der Waals surface area contributed by atoms with Crippen molar-refractivity contribution in [2.45, 2.75) is 24.9 Å². The fourth-order valence-electron chi connectivity index (χ4n) is 3.04. The van der Waals surface area contributed by atoms with Gasteiger partial charge in [0.05, 0.1) is 12.7 Å². The molecule has 1 amide bonds. The molecule has 10 heteroatoms. The number of hydrogen-bond acceptors (Lipinski definition) is 7. The van der Waals surface area contributed by atoms with E-state index in [9.17, 15) is 15.0 Å². The summed E-state index contributed by atoms with van der Waals surface area (Å²) in [7, 11) is 0. The highest BCUT2D eigenvalue weighted by atomic mass is 35.5. The first-order chi connectivity index (χ1) is 13.1. The number of nitrogens with zero attached hydrogens (tertiary/aromatic N) is 4. The van der Waals surface area contributed by atoms with Crippen LogP contribution in [0.5, 0.6) is 0 Å². The van der Waals surface area contributed by atoms with E-state index in [4.69, 9.17) is 16.3 Å². The second-order valence-corrected chi connectivity index (χ2v) is 6.42. The average Bonchev–Trinajstić information content (AvgIpc) is 3.21. The number of imidazole rings is 1. The Morgan fingerprint density at radius 3 is 2.81 bits per heavy atom. The Hall–Kier alpha value is -2.59. The van der Waals surface area contributed by atoms with Crippen LogP contribution in [-0.4, -0.2) is 54.5 Å². The Labute approximate surface area is 158 Å². The van der Waals surface area contributed by atoms with Gasteiger partial charge in [-0.3, -0.25) is 9.36 Å². The number of aliphatic hydroxyl groups is 2. The van der Waals surface area contributed by atoms with Crippen LogP contribution in [0.3, 0.4) is 0 Å². The third kappa shape index (κ3) is 3.26. The van der Waals surface area contributed by atoms with E-state index in [0.29, 0.717) is 16.7 Å². The Morgan fingerprint density at radius 2 is 2.11 bits per heavy atom. The highest BCUT2D eigenvalue weighted by Crippen LogP contribution is 2.34. The number of aromatic nitrogens is 4. The van der Waals surface area contributed by atoms with Crippen molar-refractivity contribution in [1.29, 1.82) is 0 Å². The van der Waals surface area contributed by atoms with Crippen LogP contribution in [0.4, 0.5) is 5.82 Å². The number of benzene rings is 1. The molecule has 0 spiro atoms. The van der Waals surface area contributed by atoms with Gasteiger partial charge < -0.3 is 20.3 Å². The minimum atomic E-state index is -0.826. The Balaban J connectivity index is 1.68. The molecular formula is C17H16ClN5O4. The van der Waals surface area contributed by atoms with Gasteiger partial charge in [0.2, 0.25) is 5.28 Å². The molecule has 0 unspecified atom stereocenters. The largest absolute Gasteiger partial charge is 0.394 e. The first kappa shape index (κ1) is 17.8. The summed E-state index contributed by atoms with van der Waals surface area (Å²) in [5.41, 5.74) is 1.13. The molecule has 27 heavy (non-hydrogen) atoms. The topological polar surface area (TPSA) is 122 Å². The summed E-state index contributed by atoms with van der Waals surface area (Å²) in [6, 6.07) is 8.70. The van der Waals surface area contributed by atoms with Crippen molar-refractivity contribution in [2.24, 2.45) is 0 Å². The fourth-order valence-corrected chi connectivity index (χ4v) is 3.31. The van der Waals surface area contributed by atoms with Gasteiger partial charge in [-0.1, -0.05) is 18.2 Å². The van der Waals surface area contributed by atoms with Crippen molar-refractivity contribution < 1.29 is 19.7 Å². The monoisotopic (exact) mass is 389 g/mol. The number of ether oxygens (including phenoxy) is 1. The number of carbonyl (C=O) groups is 1. The number of aliphatic hydroxyl groups excluding tert-OH is 2.